The molecule has 0 N–H and O–H groups in total. The molecule has 0 radical (unpaired) electrons. The minimum atomic E-state index is 0.547. The van der Waals surface area contributed by atoms with Crippen molar-refractivity contribution in [2.24, 2.45) is 0 Å². The molecule has 0 unspecified atom stereocenters. The highest BCUT2D eigenvalue weighted by Gasteiger charge is 2.08. The summed E-state index contributed by atoms with van der Waals surface area (Å²) in [5.41, 5.74) is 0.547. The molecular formula is C10H11BrO3. The third-order valence-corrected chi connectivity index (χ3v) is 2.40. The first-order valence-corrected chi connectivity index (χ1v) is 4.97. The van der Waals surface area contributed by atoms with Gasteiger partial charge >= 0.3 is 0 Å². The van der Waals surface area contributed by atoms with Crippen molar-refractivity contribution in [3.8, 4) is 11.5 Å². The van der Waals surface area contributed by atoms with E-state index >= 15 is 0 Å². The van der Waals surface area contributed by atoms with Gasteiger partial charge in [-0.2, -0.15) is 0 Å². The van der Waals surface area contributed by atoms with Crippen LogP contribution in [0.2, 0.25) is 0 Å². The van der Waals surface area contributed by atoms with E-state index in [1.165, 1.54) is 0 Å². The highest BCUT2D eigenvalue weighted by Crippen LogP contribution is 2.32. The van der Waals surface area contributed by atoms with Crippen LogP contribution in [0.3, 0.4) is 0 Å². The van der Waals surface area contributed by atoms with Gasteiger partial charge in [-0.15, -0.1) is 0 Å². The topological polar surface area (TPSA) is 35.5 Å². The van der Waals surface area contributed by atoms with E-state index in [0.717, 1.165) is 6.29 Å². The molecule has 0 amide bonds. The van der Waals surface area contributed by atoms with Gasteiger partial charge in [-0.25, -0.2) is 0 Å². The van der Waals surface area contributed by atoms with E-state index in [1.54, 1.807) is 19.2 Å². The maximum Gasteiger partial charge on any atom is 0.162 e. The zero-order valence-electron chi connectivity index (χ0n) is 8.04. The summed E-state index contributed by atoms with van der Waals surface area (Å²) in [6.07, 6.45) is 0.766. The van der Waals surface area contributed by atoms with Crippen LogP contribution in [0, 0.1) is 0 Å². The van der Waals surface area contributed by atoms with Gasteiger partial charge in [0.2, 0.25) is 0 Å². The van der Waals surface area contributed by atoms with Crippen molar-refractivity contribution >= 4 is 22.2 Å². The normalized spacial score (nSPS) is 9.64. The first kappa shape index (κ1) is 11.0. The number of benzene rings is 1. The van der Waals surface area contributed by atoms with Crippen LogP contribution in [-0.4, -0.2) is 20.0 Å². The van der Waals surface area contributed by atoms with E-state index in [-0.39, 0.29) is 0 Å². The maximum atomic E-state index is 10.6. The number of carbonyl (C=O) groups excluding carboxylic acids is 1. The van der Waals surface area contributed by atoms with Crippen molar-refractivity contribution in [3.63, 3.8) is 0 Å². The minimum absolute atomic E-state index is 0.547. The van der Waals surface area contributed by atoms with Gasteiger partial charge in [0.15, 0.2) is 17.8 Å². The molecule has 0 saturated heterocycles. The van der Waals surface area contributed by atoms with Gasteiger partial charge in [-0.3, -0.25) is 4.79 Å². The smallest absolute Gasteiger partial charge is 0.162 e. The largest absolute Gasteiger partial charge is 0.493 e. The van der Waals surface area contributed by atoms with E-state index in [2.05, 4.69) is 15.9 Å². The molecule has 0 atom stereocenters. The predicted molar refractivity (Wildman–Crippen MR) is 57.3 cm³/mol. The Balaban J connectivity index is 3.16. The summed E-state index contributed by atoms with van der Waals surface area (Å²) >= 11 is 3.27. The molecule has 0 spiro atoms. The van der Waals surface area contributed by atoms with E-state index in [4.69, 9.17) is 9.47 Å². The van der Waals surface area contributed by atoms with Crippen molar-refractivity contribution in [2.75, 3.05) is 13.7 Å². The quantitative estimate of drug-likeness (QED) is 0.780. The SMILES string of the molecule is CCOc1cc(Br)c(C=O)cc1OC. The lowest BCUT2D eigenvalue weighted by molar-refractivity contribution is 0.112. The molecule has 4 heteroatoms. The van der Waals surface area contributed by atoms with Gasteiger partial charge in [0.25, 0.3) is 0 Å². The fourth-order valence-corrected chi connectivity index (χ4v) is 1.48. The molecule has 14 heavy (non-hydrogen) atoms. The van der Waals surface area contributed by atoms with Gasteiger partial charge in [-0.1, -0.05) is 0 Å². The van der Waals surface area contributed by atoms with Gasteiger partial charge in [0.1, 0.15) is 0 Å². The fraction of sp³-hybridized carbons (Fsp3) is 0.300. The molecule has 0 aromatic heterocycles. The lowest BCUT2D eigenvalue weighted by Gasteiger charge is -2.10. The number of rotatable bonds is 4. The number of methoxy groups -OCH3 is 1. The van der Waals surface area contributed by atoms with E-state index in [9.17, 15) is 4.79 Å². The standard InChI is InChI=1S/C10H11BrO3/c1-3-14-10-5-8(11)7(6-12)4-9(10)13-2/h4-6H,3H2,1-2H3. The molecule has 0 aliphatic carbocycles. The Morgan fingerprint density at radius 2 is 2.14 bits per heavy atom. The van der Waals surface area contributed by atoms with Crippen LogP contribution in [0.1, 0.15) is 17.3 Å². The second-order valence-corrected chi connectivity index (χ2v) is 3.43. The predicted octanol–water partition coefficient (Wildman–Crippen LogP) is 2.67. The van der Waals surface area contributed by atoms with Crippen molar-refractivity contribution in [1.29, 1.82) is 0 Å². The van der Waals surface area contributed by atoms with Crippen molar-refractivity contribution in [3.05, 3.63) is 22.2 Å². The zero-order valence-corrected chi connectivity index (χ0v) is 9.63. The minimum Gasteiger partial charge on any atom is -0.493 e. The van der Waals surface area contributed by atoms with Crippen LogP contribution in [0.25, 0.3) is 0 Å². The molecule has 0 bridgehead atoms. The molecule has 1 rings (SSSR count). The van der Waals surface area contributed by atoms with Gasteiger partial charge in [0.05, 0.1) is 13.7 Å². The number of carbonyl (C=O) groups is 1. The first-order chi connectivity index (χ1) is 6.72. The number of hydrogen-bond donors (Lipinski definition) is 0. The van der Waals surface area contributed by atoms with Gasteiger partial charge < -0.3 is 9.47 Å². The highest BCUT2D eigenvalue weighted by atomic mass is 79.9. The zero-order chi connectivity index (χ0) is 10.6. The summed E-state index contributed by atoms with van der Waals surface area (Å²) in [6, 6.07) is 3.37. The molecule has 1 aromatic rings. The van der Waals surface area contributed by atoms with E-state index < -0.39 is 0 Å². The molecule has 3 nitrogen and oxygen atoms in total. The average Bonchev–Trinajstić information content (AvgIpc) is 2.19. The number of aldehydes is 1. The summed E-state index contributed by atoms with van der Waals surface area (Å²) in [4.78, 5) is 10.6. The molecule has 76 valence electrons. The van der Waals surface area contributed by atoms with Crippen LogP contribution >= 0.6 is 15.9 Å². The number of halogens is 1. The molecule has 0 aliphatic rings. The monoisotopic (exact) mass is 258 g/mol. The Morgan fingerprint density at radius 1 is 1.43 bits per heavy atom. The Morgan fingerprint density at radius 3 is 2.64 bits per heavy atom. The Labute approximate surface area is 91.1 Å². The summed E-state index contributed by atoms with van der Waals surface area (Å²) in [6.45, 7) is 2.45. The maximum absolute atomic E-state index is 10.6. The summed E-state index contributed by atoms with van der Waals surface area (Å²) in [5.74, 6) is 1.20. The van der Waals surface area contributed by atoms with E-state index in [0.29, 0.717) is 28.1 Å². The number of ether oxygens (including phenoxy) is 2. The lowest BCUT2D eigenvalue weighted by atomic mass is 10.2. The lowest BCUT2D eigenvalue weighted by Crippen LogP contribution is -1.97. The molecule has 0 fully saturated rings. The van der Waals surface area contributed by atoms with Crippen molar-refractivity contribution < 1.29 is 14.3 Å². The van der Waals surface area contributed by atoms with E-state index in [1.807, 2.05) is 6.92 Å². The highest BCUT2D eigenvalue weighted by molar-refractivity contribution is 9.10. The molecule has 1 aromatic carbocycles. The van der Waals surface area contributed by atoms with Crippen LogP contribution < -0.4 is 9.47 Å². The van der Waals surface area contributed by atoms with Crippen LogP contribution in [0.5, 0.6) is 11.5 Å². The molecular weight excluding hydrogens is 248 g/mol. The third-order valence-electron chi connectivity index (χ3n) is 1.71. The van der Waals surface area contributed by atoms with Crippen molar-refractivity contribution in [2.45, 2.75) is 6.92 Å². The van der Waals surface area contributed by atoms with Gasteiger partial charge in [-0.05, 0) is 35.0 Å². The fourth-order valence-electron chi connectivity index (χ4n) is 1.07. The first-order valence-electron chi connectivity index (χ1n) is 4.18. The third kappa shape index (κ3) is 2.26. The van der Waals surface area contributed by atoms with Gasteiger partial charge in [0, 0.05) is 10.0 Å². The summed E-state index contributed by atoms with van der Waals surface area (Å²) in [7, 11) is 1.54. The van der Waals surface area contributed by atoms with Crippen LogP contribution in [-0.2, 0) is 0 Å². The Bertz CT molecular complexity index is 336. The second kappa shape index (κ2) is 5.00. The summed E-state index contributed by atoms with van der Waals surface area (Å²) in [5, 5.41) is 0. The van der Waals surface area contributed by atoms with Crippen LogP contribution in [0.15, 0.2) is 16.6 Å². The number of hydrogen-bond acceptors (Lipinski definition) is 3. The average molecular weight is 259 g/mol. The molecule has 0 heterocycles. The van der Waals surface area contributed by atoms with Crippen molar-refractivity contribution in [1.82, 2.24) is 0 Å². The Hall–Kier alpha value is -1.03. The Kier molecular flexibility index (Phi) is 3.95. The van der Waals surface area contributed by atoms with Crippen LogP contribution in [0.4, 0.5) is 0 Å². The summed E-state index contributed by atoms with van der Waals surface area (Å²) < 4.78 is 11.1. The second-order valence-electron chi connectivity index (χ2n) is 2.58. The molecule has 0 aliphatic heterocycles. The molecule has 0 saturated carbocycles.